The summed E-state index contributed by atoms with van der Waals surface area (Å²) in [6.45, 7) is 1.97. The topological polar surface area (TPSA) is 33.1 Å². The fourth-order valence-corrected chi connectivity index (χ4v) is 1.55. The van der Waals surface area contributed by atoms with E-state index in [0.29, 0.717) is 5.02 Å². The summed E-state index contributed by atoms with van der Waals surface area (Å²) >= 11 is 6.02. The molecule has 1 aromatic carbocycles. The Kier molecular flexibility index (Phi) is 2.60. The number of benzene rings is 1. The molecule has 2 aromatic rings. The van der Waals surface area contributed by atoms with Crippen molar-refractivity contribution < 1.29 is 5.11 Å². The molecule has 0 radical (unpaired) electrons. The molecule has 0 aliphatic heterocycles. The van der Waals surface area contributed by atoms with Crippen molar-refractivity contribution in [3.05, 3.63) is 47.1 Å². The fourth-order valence-electron chi connectivity index (χ4n) is 1.34. The van der Waals surface area contributed by atoms with Gasteiger partial charge in [0.15, 0.2) is 0 Å². The van der Waals surface area contributed by atoms with Crippen molar-refractivity contribution >= 4 is 11.6 Å². The van der Waals surface area contributed by atoms with Crippen molar-refractivity contribution in [3.63, 3.8) is 0 Å². The molecule has 0 saturated carbocycles. The molecule has 15 heavy (non-hydrogen) atoms. The van der Waals surface area contributed by atoms with E-state index in [4.69, 9.17) is 11.6 Å². The number of rotatable bonds is 1. The zero-order valence-electron chi connectivity index (χ0n) is 8.24. The molecular weight excluding hydrogens is 210 g/mol. The molecule has 3 heteroatoms. The van der Waals surface area contributed by atoms with Gasteiger partial charge in [-0.25, -0.2) is 0 Å². The fraction of sp³-hybridized carbons (Fsp3) is 0.0833. The minimum Gasteiger partial charge on any atom is -0.508 e. The number of aromatic nitrogens is 1. The first kappa shape index (κ1) is 9.99. The van der Waals surface area contributed by atoms with Crippen LogP contribution in [0.1, 0.15) is 5.56 Å². The highest BCUT2D eigenvalue weighted by Gasteiger charge is 2.05. The van der Waals surface area contributed by atoms with Crippen molar-refractivity contribution in [2.75, 3.05) is 0 Å². The third-order valence-corrected chi connectivity index (χ3v) is 2.47. The van der Waals surface area contributed by atoms with Gasteiger partial charge in [-0.1, -0.05) is 17.7 Å². The predicted octanol–water partition coefficient (Wildman–Crippen LogP) is 3.42. The maximum atomic E-state index is 9.37. The number of hydrogen-bond donors (Lipinski definition) is 1. The number of pyridine rings is 1. The number of halogens is 1. The summed E-state index contributed by atoms with van der Waals surface area (Å²) in [7, 11) is 0. The minimum absolute atomic E-state index is 0.191. The first-order valence-corrected chi connectivity index (χ1v) is 4.96. The smallest absolute Gasteiger partial charge is 0.116 e. The van der Waals surface area contributed by atoms with Crippen molar-refractivity contribution in [1.82, 2.24) is 4.98 Å². The van der Waals surface area contributed by atoms with Crippen LogP contribution < -0.4 is 0 Å². The van der Waals surface area contributed by atoms with Crippen molar-refractivity contribution in [1.29, 1.82) is 0 Å². The lowest BCUT2D eigenvalue weighted by atomic mass is 10.1. The number of aryl methyl sites for hydroxylation is 1. The van der Waals surface area contributed by atoms with Gasteiger partial charge < -0.3 is 5.11 Å². The van der Waals surface area contributed by atoms with Crippen molar-refractivity contribution in [2.24, 2.45) is 0 Å². The molecule has 0 bridgehead atoms. The van der Waals surface area contributed by atoms with Crippen LogP contribution in [0.25, 0.3) is 11.3 Å². The Labute approximate surface area is 93.2 Å². The molecule has 1 N–H and O–H groups in total. The molecule has 0 fully saturated rings. The van der Waals surface area contributed by atoms with Crippen LogP contribution in [-0.4, -0.2) is 10.1 Å². The quantitative estimate of drug-likeness (QED) is 0.797. The summed E-state index contributed by atoms with van der Waals surface area (Å²) in [5, 5.41) is 9.95. The van der Waals surface area contributed by atoms with Crippen LogP contribution >= 0.6 is 11.6 Å². The molecule has 1 heterocycles. The van der Waals surface area contributed by atoms with Crippen molar-refractivity contribution in [2.45, 2.75) is 6.92 Å². The molecule has 0 aliphatic rings. The normalized spacial score (nSPS) is 10.3. The standard InChI is InChI=1S/C12H10ClNO/c1-8-2-5-12(14-7-8)10-6-9(15)3-4-11(10)13/h2-7,15H,1H3. The lowest BCUT2D eigenvalue weighted by Gasteiger charge is -2.04. The van der Waals surface area contributed by atoms with E-state index in [9.17, 15) is 5.11 Å². The van der Waals surface area contributed by atoms with E-state index in [1.54, 1.807) is 24.4 Å². The third-order valence-electron chi connectivity index (χ3n) is 2.14. The van der Waals surface area contributed by atoms with Gasteiger partial charge in [-0.3, -0.25) is 4.98 Å². The van der Waals surface area contributed by atoms with E-state index in [2.05, 4.69) is 4.98 Å². The summed E-state index contributed by atoms with van der Waals surface area (Å²) in [5.41, 5.74) is 2.60. The lowest BCUT2D eigenvalue weighted by molar-refractivity contribution is 0.475. The van der Waals surface area contributed by atoms with Crippen LogP contribution in [-0.2, 0) is 0 Å². The van der Waals surface area contributed by atoms with Crippen molar-refractivity contribution in [3.8, 4) is 17.0 Å². The van der Waals surface area contributed by atoms with Gasteiger partial charge in [-0.05, 0) is 36.8 Å². The van der Waals surface area contributed by atoms with Gasteiger partial charge >= 0.3 is 0 Å². The second-order valence-corrected chi connectivity index (χ2v) is 3.79. The average Bonchev–Trinajstić information content (AvgIpc) is 2.23. The number of nitrogens with zero attached hydrogens (tertiary/aromatic N) is 1. The summed E-state index contributed by atoms with van der Waals surface area (Å²) < 4.78 is 0. The Hall–Kier alpha value is -1.54. The molecule has 1 aromatic heterocycles. The summed E-state index contributed by atoms with van der Waals surface area (Å²) in [6, 6.07) is 8.67. The Balaban J connectivity index is 2.53. The van der Waals surface area contributed by atoms with Gasteiger partial charge in [0.25, 0.3) is 0 Å². The Morgan fingerprint density at radius 3 is 2.67 bits per heavy atom. The van der Waals surface area contributed by atoms with Crippen LogP contribution in [0.5, 0.6) is 5.75 Å². The van der Waals surface area contributed by atoms with E-state index in [1.165, 1.54) is 0 Å². The minimum atomic E-state index is 0.191. The monoisotopic (exact) mass is 219 g/mol. The van der Waals surface area contributed by atoms with Gasteiger partial charge in [-0.15, -0.1) is 0 Å². The van der Waals surface area contributed by atoms with E-state index in [0.717, 1.165) is 16.8 Å². The largest absolute Gasteiger partial charge is 0.508 e. The molecule has 0 aliphatic carbocycles. The SMILES string of the molecule is Cc1ccc(-c2cc(O)ccc2Cl)nc1. The van der Waals surface area contributed by atoms with E-state index < -0.39 is 0 Å². The van der Waals surface area contributed by atoms with Crippen LogP contribution in [0.15, 0.2) is 36.5 Å². The zero-order valence-corrected chi connectivity index (χ0v) is 8.99. The highest BCUT2D eigenvalue weighted by Crippen LogP contribution is 2.29. The Bertz CT molecular complexity index is 479. The lowest BCUT2D eigenvalue weighted by Crippen LogP contribution is -1.85. The Morgan fingerprint density at radius 2 is 2.00 bits per heavy atom. The average molecular weight is 220 g/mol. The van der Waals surface area contributed by atoms with Crippen LogP contribution in [0, 0.1) is 6.92 Å². The molecule has 2 rings (SSSR count). The number of hydrogen-bond acceptors (Lipinski definition) is 2. The van der Waals surface area contributed by atoms with Gasteiger partial charge in [0.05, 0.1) is 10.7 Å². The van der Waals surface area contributed by atoms with Gasteiger partial charge in [0, 0.05) is 11.8 Å². The predicted molar refractivity (Wildman–Crippen MR) is 61.1 cm³/mol. The van der Waals surface area contributed by atoms with E-state index >= 15 is 0 Å². The van der Waals surface area contributed by atoms with E-state index in [-0.39, 0.29) is 5.75 Å². The third kappa shape index (κ3) is 2.10. The number of phenols is 1. The maximum Gasteiger partial charge on any atom is 0.116 e. The summed E-state index contributed by atoms with van der Waals surface area (Å²) in [5.74, 6) is 0.191. The molecule has 0 amide bonds. The molecular formula is C12H10ClNO. The molecule has 0 saturated heterocycles. The first-order valence-electron chi connectivity index (χ1n) is 4.58. The molecule has 76 valence electrons. The van der Waals surface area contributed by atoms with Crippen LogP contribution in [0.4, 0.5) is 0 Å². The Morgan fingerprint density at radius 1 is 1.20 bits per heavy atom. The molecule has 0 spiro atoms. The number of aromatic hydroxyl groups is 1. The maximum absolute atomic E-state index is 9.37. The summed E-state index contributed by atoms with van der Waals surface area (Å²) in [4.78, 5) is 4.25. The van der Waals surface area contributed by atoms with Crippen LogP contribution in [0.3, 0.4) is 0 Å². The molecule has 0 atom stereocenters. The first-order chi connectivity index (χ1) is 7.16. The van der Waals surface area contributed by atoms with Crippen LogP contribution in [0.2, 0.25) is 5.02 Å². The second kappa shape index (κ2) is 3.91. The summed E-state index contributed by atoms with van der Waals surface area (Å²) in [6.07, 6.45) is 1.77. The van der Waals surface area contributed by atoms with E-state index in [1.807, 2.05) is 19.1 Å². The van der Waals surface area contributed by atoms with Gasteiger partial charge in [-0.2, -0.15) is 0 Å². The van der Waals surface area contributed by atoms with Gasteiger partial charge in [0.1, 0.15) is 5.75 Å². The highest BCUT2D eigenvalue weighted by molar-refractivity contribution is 6.33. The zero-order chi connectivity index (χ0) is 10.8. The second-order valence-electron chi connectivity index (χ2n) is 3.38. The molecule has 0 unspecified atom stereocenters. The highest BCUT2D eigenvalue weighted by atomic mass is 35.5. The molecule has 2 nitrogen and oxygen atoms in total. The van der Waals surface area contributed by atoms with Gasteiger partial charge in [0.2, 0.25) is 0 Å². The number of phenolic OH excluding ortho intramolecular Hbond substituents is 1.